The fraction of sp³-hybridized carbons (Fsp3) is 0.333. The molecule has 144 valence electrons. The SMILES string of the molecule is COc1ccc(NC(=O)N2CCOC(COc3cc(F)ccc3Cl)C2)nc1. The van der Waals surface area contributed by atoms with Crippen LogP contribution in [-0.4, -0.2) is 55.4 Å². The highest BCUT2D eigenvalue weighted by atomic mass is 35.5. The first-order chi connectivity index (χ1) is 13.0. The second-order valence-corrected chi connectivity index (χ2v) is 6.25. The van der Waals surface area contributed by atoms with Gasteiger partial charge in [0.2, 0.25) is 0 Å². The van der Waals surface area contributed by atoms with Crippen LogP contribution in [0.2, 0.25) is 5.02 Å². The van der Waals surface area contributed by atoms with Gasteiger partial charge in [0.05, 0.1) is 31.5 Å². The number of methoxy groups -OCH3 is 1. The van der Waals surface area contributed by atoms with E-state index in [2.05, 4.69) is 10.3 Å². The van der Waals surface area contributed by atoms with Gasteiger partial charge in [-0.25, -0.2) is 14.2 Å². The lowest BCUT2D eigenvalue weighted by Gasteiger charge is -2.32. The van der Waals surface area contributed by atoms with Crippen molar-refractivity contribution in [2.24, 2.45) is 0 Å². The summed E-state index contributed by atoms with van der Waals surface area (Å²) in [6.45, 7) is 1.29. The third-order valence-corrected chi connectivity index (χ3v) is 4.26. The minimum Gasteiger partial charge on any atom is -0.495 e. The molecule has 2 amide bonds. The summed E-state index contributed by atoms with van der Waals surface area (Å²) < 4.78 is 29.5. The molecule has 0 bridgehead atoms. The number of carbonyl (C=O) groups excluding carboxylic acids is 1. The van der Waals surface area contributed by atoms with E-state index in [1.807, 2.05) is 0 Å². The average Bonchev–Trinajstić information content (AvgIpc) is 2.69. The molecule has 0 aliphatic carbocycles. The minimum absolute atomic E-state index is 0.147. The van der Waals surface area contributed by atoms with Crippen molar-refractivity contribution in [1.29, 1.82) is 0 Å². The first kappa shape index (κ1) is 19.2. The molecule has 0 radical (unpaired) electrons. The van der Waals surface area contributed by atoms with E-state index in [1.54, 1.807) is 24.1 Å². The van der Waals surface area contributed by atoms with E-state index in [9.17, 15) is 9.18 Å². The molecule has 1 aliphatic heterocycles. The first-order valence-corrected chi connectivity index (χ1v) is 8.68. The Hall–Kier alpha value is -2.58. The summed E-state index contributed by atoms with van der Waals surface area (Å²) in [6.07, 6.45) is 1.17. The number of amides is 2. The highest BCUT2D eigenvalue weighted by Gasteiger charge is 2.25. The van der Waals surface area contributed by atoms with Crippen molar-refractivity contribution < 1.29 is 23.4 Å². The molecule has 0 saturated carbocycles. The van der Waals surface area contributed by atoms with Crippen LogP contribution in [0.3, 0.4) is 0 Å². The van der Waals surface area contributed by atoms with Crippen molar-refractivity contribution in [3.05, 3.63) is 47.4 Å². The van der Waals surface area contributed by atoms with Gasteiger partial charge in [-0.3, -0.25) is 5.32 Å². The normalized spacial score (nSPS) is 16.7. The molecule has 7 nitrogen and oxygen atoms in total. The Morgan fingerprint density at radius 2 is 2.30 bits per heavy atom. The van der Waals surface area contributed by atoms with E-state index < -0.39 is 5.82 Å². The Bertz CT molecular complexity index is 791. The van der Waals surface area contributed by atoms with Crippen LogP contribution in [0.15, 0.2) is 36.5 Å². The van der Waals surface area contributed by atoms with Crippen molar-refractivity contribution in [1.82, 2.24) is 9.88 Å². The lowest BCUT2D eigenvalue weighted by Crippen LogP contribution is -2.49. The number of urea groups is 1. The molecular formula is C18H19ClFN3O4. The van der Waals surface area contributed by atoms with E-state index in [-0.39, 0.29) is 24.5 Å². The van der Waals surface area contributed by atoms with Gasteiger partial charge in [-0.15, -0.1) is 0 Å². The van der Waals surface area contributed by atoms with Crippen LogP contribution in [0.25, 0.3) is 0 Å². The predicted molar refractivity (Wildman–Crippen MR) is 98.0 cm³/mol. The first-order valence-electron chi connectivity index (χ1n) is 8.30. The van der Waals surface area contributed by atoms with Crippen LogP contribution >= 0.6 is 11.6 Å². The molecule has 1 aromatic carbocycles. The highest BCUT2D eigenvalue weighted by molar-refractivity contribution is 6.32. The lowest BCUT2D eigenvalue weighted by molar-refractivity contribution is -0.0337. The molecule has 1 atom stereocenters. The van der Waals surface area contributed by atoms with Crippen molar-refractivity contribution >= 4 is 23.4 Å². The number of halogens is 2. The van der Waals surface area contributed by atoms with Gasteiger partial charge in [0.1, 0.15) is 35.8 Å². The zero-order chi connectivity index (χ0) is 19.2. The number of carbonyl (C=O) groups is 1. The van der Waals surface area contributed by atoms with Gasteiger partial charge in [-0.1, -0.05) is 11.6 Å². The quantitative estimate of drug-likeness (QED) is 0.841. The smallest absolute Gasteiger partial charge is 0.323 e. The van der Waals surface area contributed by atoms with Crippen LogP contribution in [0.5, 0.6) is 11.5 Å². The van der Waals surface area contributed by atoms with Gasteiger partial charge in [-0.2, -0.15) is 0 Å². The number of benzene rings is 1. The molecule has 2 aromatic rings. The van der Waals surface area contributed by atoms with Gasteiger partial charge in [0, 0.05) is 12.6 Å². The van der Waals surface area contributed by atoms with E-state index >= 15 is 0 Å². The largest absolute Gasteiger partial charge is 0.495 e. The number of nitrogens with one attached hydrogen (secondary N) is 1. The summed E-state index contributed by atoms with van der Waals surface area (Å²) in [6, 6.07) is 6.97. The molecule has 9 heteroatoms. The van der Waals surface area contributed by atoms with E-state index in [4.69, 9.17) is 25.8 Å². The second-order valence-electron chi connectivity index (χ2n) is 5.84. The van der Waals surface area contributed by atoms with Gasteiger partial charge in [-0.05, 0) is 24.3 Å². The Morgan fingerprint density at radius 1 is 1.44 bits per heavy atom. The van der Waals surface area contributed by atoms with Crippen LogP contribution in [0.4, 0.5) is 15.0 Å². The number of pyridine rings is 1. The molecule has 1 aromatic heterocycles. The number of anilines is 1. The number of morpholine rings is 1. The minimum atomic E-state index is -0.438. The summed E-state index contributed by atoms with van der Waals surface area (Å²) in [7, 11) is 1.54. The third-order valence-electron chi connectivity index (χ3n) is 3.95. The molecule has 0 spiro atoms. The number of hydrogen-bond donors (Lipinski definition) is 1. The van der Waals surface area contributed by atoms with E-state index in [0.717, 1.165) is 0 Å². The van der Waals surface area contributed by atoms with E-state index in [0.29, 0.717) is 36.3 Å². The molecule has 1 fully saturated rings. The second kappa shape index (κ2) is 8.88. The van der Waals surface area contributed by atoms with Gasteiger partial charge in [0.25, 0.3) is 0 Å². The summed E-state index contributed by atoms with van der Waals surface area (Å²) in [5.41, 5.74) is 0. The summed E-state index contributed by atoms with van der Waals surface area (Å²) in [4.78, 5) is 18.1. The standard InChI is InChI=1S/C18H19ClFN3O4/c1-25-13-3-5-17(21-9-13)22-18(24)23-6-7-26-14(10-23)11-27-16-8-12(20)2-4-15(16)19/h2-5,8-9,14H,6-7,10-11H2,1H3,(H,21,22,24). The third kappa shape index (κ3) is 5.21. The molecule has 1 saturated heterocycles. The van der Waals surface area contributed by atoms with Crippen molar-refractivity contribution in [3.63, 3.8) is 0 Å². The highest BCUT2D eigenvalue weighted by Crippen LogP contribution is 2.25. The van der Waals surface area contributed by atoms with Crippen molar-refractivity contribution in [3.8, 4) is 11.5 Å². The molecule has 1 aliphatic rings. The summed E-state index contributed by atoms with van der Waals surface area (Å²) >= 11 is 5.98. The van der Waals surface area contributed by atoms with Crippen LogP contribution in [0.1, 0.15) is 0 Å². The molecule has 1 N–H and O–H groups in total. The lowest BCUT2D eigenvalue weighted by atomic mass is 10.3. The number of nitrogens with zero attached hydrogens (tertiary/aromatic N) is 2. The number of ether oxygens (including phenoxy) is 3. The Labute approximate surface area is 161 Å². The van der Waals surface area contributed by atoms with Gasteiger partial charge >= 0.3 is 6.03 Å². The number of aromatic nitrogens is 1. The van der Waals surface area contributed by atoms with Crippen molar-refractivity contribution in [2.45, 2.75) is 6.10 Å². The summed E-state index contributed by atoms with van der Waals surface area (Å²) in [5, 5.41) is 3.04. The maximum Gasteiger partial charge on any atom is 0.323 e. The van der Waals surface area contributed by atoms with Gasteiger partial charge < -0.3 is 19.1 Å². The number of hydrogen-bond acceptors (Lipinski definition) is 5. The maximum absolute atomic E-state index is 13.3. The van der Waals surface area contributed by atoms with Crippen LogP contribution < -0.4 is 14.8 Å². The molecule has 2 heterocycles. The maximum atomic E-state index is 13.3. The molecule has 27 heavy (non-hydrogen) atoms. The molecular weight excluding hydrogens is 377 g/mol. The zero-order valence-electron chi connectivity index (χ0n) is 14.7. The van der Waals surface area contributed by atoms with Crippen LogP contribution in [0, 0.1) is 5.82 Å². The Balaban J connectivity index is 1.53. The van der Waals surface area contributed by atoms with Gasteiger partial charge in [0.15, 0.2) is 0 Å². The molecule has 1 unspecified atom stereocenters. The summed E-state index contributed by atoms with van der Waals surface area (Å²) in [5.74, 6) is 0.829. The topological polar surface area (TPSA) is 72.9 Å². The predicted octanol–water partition coefficient (Wildman–Crippen LogP) is 3.19. The van der Waals surface area contributed by atoms with Crippen LogP contribution in [-0.2, 0) is 4.74 Å². The molecule has 3 rings (SSSR count). The fourth-order valence-electron chi connectivity index (χ4n) is 2.54. The Kier molecular flexibility index (Phi) is 6.31. The van der Waals surface area contributed by atoms with Crippen molar-refractivity contribution in [2.75, 3.05) is 38.7 Å². The average molecular weight is 396 g/mol. The number of rotatable bonds is 5. The zero-order valence-corrected chi connectivity index (χ0v) is 15.4. The van der Waals surface area contributed by atoms with E-state index in [1.165, 1.54) is 24.4 Å². The fourth-order valence-corrected chi connectivity index (χ4v) is 2.71. The monoisotopic (exact) mass is 395 g/mol. The Morgan fingerprint density at radius 3 is 3.04 bits per heavy atom.